The van der Waals surface area contributed by atoms with E-state index in [1.807, 2.05) is 17.2 Å². The van der Waals surface area contributed by atoms with Crippen LogP contribution in [-0.4, -0.2) is 73.9 Å². The predicted octanol–water partition coefficient (Wildman–Crippen LogP) is -0.758. The van der Waals surface area contributed by atoms with Crippen molar-refractivity contribution < 1.29 is 23.9 Å². The number of thioether (sulfide) groups is 1. The molecule has 2 fully saturated rings. The van der Waals surface area contributed by atoms with Gasteiger partial charge in [0.2, 0.25) is 11.8 Å². The minimum Gasteiger partial charge on any atom is -0.379 e. The first kappa shape index (κ1) is 22.7. The molecule has 0 spiro atoms. The number of hydrogen-bond acceptors (Lipinski definition) is 7. The minimum atomic E-state index is -0.267. The van der Waals surface area contributed by atoms with Crippen molar-refractivity contribution in [3.63, 3.8) is 0 Å². The number of rotatable bonds is 14. The summed E-state index contributed by atoms with van der Waals surface area (Å²) >= 11 is 1.89. The number of unbranched alkanes of at least 4 members (excludes halogenated alkanes) is 1. The zero-order chi connectivity index (χ0) is 20.2. The number of fused-ring (bicyclic) bond motifs is 1. The Morgan fingerprint density at radius 1 is 1.07 bits per heavy atom. The van der Waals surface area contributed by atoms with Crippen molar-refractivity contribution >= 4 is 29.6 Å². The first-order valence-corrected chi connectivity index (χ1v) is 10.8. The van der Waals surface area contributed by atoms with Gasteiger partial charge >= 0.3 is 6.03 Å². The lowest BCUT2D eigenvalue weighted by Crippen LogP contribution is -2.36. The topological polar surface area (TPSA) is 144 Å². The van der Waals surface area contributed by atoms with E-state index in [-0.39, 0.29) is 36.3 Å². The first-order chi connectivity index (χ1) is 13.6. The van der Waals surface area contributed by atoms with E-state index in [0.717, 1.165) is 25.0 Å². The fourth-order valence-corrected chi connectivity index (χ4v) is 4.73. The van der Waals surface area contributed by atoms with E-state index in [0.29, 0.717) is 44.6 Å². The van der Waals surface area contributed by atoms with Crippen LogP contribution in [0.15, 0.2) is 0 Å². The highest BCUT2D eigenvalue weighted by Gasteiger charge is 2.42. The van der Waals surface area contributed by atoms with Crippen LogP contribution in [0.4, 0.5) is 4.79 Å². The molecule has 0 bridgehead atoms. The highest BCUT2D eigenvalue weighted by atomic mass is 32.2. The summed E-state index contributed by atoms with van der Waals surface area (Å²) in [6.07, 6.45) is 3.55. The average Bonchev–Trinajstić information content (AvgIpc) is 3.23. The summed E-state index contributed by atoms with van der Waals surface area (Å²) in [5, 5.41) is 9.19. The average molecular weight is 418 g/mol. The van der Waals surface area contributed by atoms with Crippen molar-refractivity contribution in [2.75, 3.05) is 38.7 Å². The summed E-state index contributed by atoms with van der Waals surface area (Å²) in [5.41, 5.74) is 2.03. The van der Waals surface area contributed by atoms with E-state index in [9.17, 15) is 14.4 Å². The maximum Gasteiger partial charge on any atom is 0.315 e. The van der Waals surface area contributed by atoms with Crippen molar-refractivity contribution in [3.8, 4) is 0 Å². The molecule has 0 unspecified atom stereocenters. The smallest absolute Gasteiger partial charge is 0.315 e. The molecule has 2 aliphatic rings. The highest BCUT2D eigenvalue weighted by Crippen LogP contribution is 2.33. The van der Waals surface area contributed by atoms with Gasteiger partial charge in [-0.3, -0.25) is 15.0 Å². The maximum atomic E-state index is 11.8. The fraction of sp³-hybridized carbons (Fsp3) is 0.824. The monoisotopic (exact) mass is 417 g/mol. The molecule has 28 heavy (non-hydrogen) atoms. The third kappa shape index (κ3) is 8.21. The van der Waals surface area contributed by atoms with Gasteiger partial charge in [-0.1, -0.05) is 6.42 Å². The normalized spacial score (nSPS) is 23.0. The SMILES string of the molecule is NNC(=O)CCOCCOCCNC(=O)CCCC[C@@H]1SC[C@@H]2NC(=O)N[C@@H]21. The van der Waals surface area contributed by atoms with Gasteiger partial charge in [0.25, 0.3) is 0 Å². The van der Waals surface area contributed by atoms with Crippen LogP contribution in [0.1, 0.15) is 32.1 Å². The molecule has 3 atom stereocenters. The molecule has 0 aliphatic carbocycles. The van der Waals surface area contributed by atoms with Crippen molar-refractivity contribution in [1.29, 1.82) is 0 Å². The van der Waals surface area contributed by atoms with E-state index in [1.165, 1.54) is 0 Å². The van der Waals surface area contributed by atoms with Crippen molar-refractivity contribution in [3.05, 3.63) is 0 Å². The number of urea groups is 1. The number of nitrogens with one attached hydrogen (secondary N) is 4. The zero-order valence-electron chi connectivity index (χ0n) is 16.0. The van der Waals surface area contributed by atoms with Gasteiger partial charge in [-0.2, -0.15) is 11.8 Å². The maximum absolute atomic E-state index is 11.8. The molecule has 11 heteroatoms. The van der Waals surface area contributed by atoms with Gasteiger partial charge in [-0.25, -0.2) is 10.6 Å². The second-order valence-electron chi connectivity index (χ2n) is 6.76. The number of hydrazine groups is 1. The fourth-order valence-electron chi connectivity index (χ4n) is 3.18. The van der Waals surface area contributed by atoms with Gasteiger partial charge in [0, 0.05) is 24.0 Å². The van der Waals surface area contributed by atoms with E-state index in [2.05, 4.69) is 16.0 Å². The second-order valence-corrected chi connectivity index (χ2v) is 8.03. The van der Waals surface area contributed by atoms with Gasteiger partial charge in [0.05, 0.1) is 44.9 Å². The third-order valence-corrected chi connectivity index (χ3v) is 6.16. The molecule has 0 radical (unpaired) electrons. The lowest BCUT2D eigenvalue weighted by atomic mass is 10.0. The summed E-state index contributed by atoms with van der Waals surface area (Å²) in [4.78, 5) is 34.0. The molecule has 0 aromatic heterocycles. The number of carbonyl (C=O) groups is 3. The Labute approximate surface area is 169 Å². The van der Waals surface area contributed by atoms with E-state index in [1.54, 1.807) is 0 Å². The van der Waals surface area contributed by atoms with Crippen LogP contribution in [0.25, 0.3) is 0 Å². The summed E-state index contributed by atoms with van der Waals surface area (Å²) in [5.74, 6) is 5.67. The lowest BCUT2D eigenvalue weighted by Gasteiger charge is -2.16. The quantitative estimate of drug-likeness (QED) is 0.0822. The van der Waals surface area contributed by atoms with Crippen molar-refractivity contribution in [1.82, 2.24) is 21.4 Å². The van der Waals surface area contributed by atoms with Crippen LogP contribution < -0.4 is 27.2 Å². The Morgan fingerprint density at radius 3 is 2.64 bits per heavy atom. The molecule has 2 saturated heterocycles. The van der Waals surface area contributed by atoms with E-state index < -0.39 is 0 Å². The van der Waals surface area contributed by atoms with Crippen LogP contribution in [0.5, 0.6) is 0 Å². The molecule has 2 aliphatic heterocycles. The highest BCUT2D eigenvalue weighted by molar-refractivity contribution is 8.00. The molecule has 0 aromatic carbocycles. The molecule has 160 valence electrons. The van der Waals surface area contributed by atoms with Gasteiger partial charge in [-0.15, -0.1) is 0 Å². The van der Waals surface area contributed by atoms with Gasteiger partial charge in [-0.05, 0) is 12.8 Å². The Kier molecular flexibility index (Phi) is 10.4. The molecular weight excluding hydrogens is 386 g/mol. The Morgan fingerprint density at radius 2 is 1.86 bits per heavy atom. The number of nitrogens with two attached hydrogens (primary N) is 1. The molecule has 6 N–H and O–H groups in total. The minimum absolute atomic E-state index is 0.0282. The number of ether oxygens (including phenoxy) is 2. The van der Waals surface area contributed by atoms with Crippen molar-refractivity contribution in [2.45, 2.75) is 49.4 Å². The number of carbonyl (C=O) groups excluding carboxylic acids is 3. The molecule has 10 nitrogen and oxygen atoms in total. The summed E-state index contributed by atoms with van der Waals surface area (Å²) < 4.78 is 10.6. The van der Waals surface area contributed by atoms with Crippen LogP contribution in [0, 0.1) is 0 Å². The van der Waals surface area contributed by atoms with Crippen LogP contribution >= 0.6 is 11.8 Å². The molecule has 2 rings (SSSR count). The summed E-state index contributed by atoms with van der Waals surface area (Å²) in [6, 6.07) is 0.416. The molecular formula is C17H31N5O5S. The second kappa shape index (κ2) is 12.8. The third-order valence-electron chi connectivity index (χ3n) is 4.66. The lowest BCUT2D eigenvalue weighted by molar-refractivity contribution is -0.122. The van der Waals surface area contributed by atoms with Crippen LogP contribution in [0.2, 0.25) is 0 Å². The van der Waals surface area contributed by atoms with Gasteiger partial charge in [0.1, 0.15) is 0 Å². The predicted molar refractivity (Wildman–Crippen MR) is 106 cm³/mol. The summed E-state index contributed by atoms with van der Waals surface area (Å²) in [7, 11) is 0. The standard InChI is InChI=1S/C17H31N5O5S/c18-22-15(24)5-7-26-9-10-27-8-6-19-14(23)4-2-1-3-13-16-12(11-28-13)20-17(25)21-16/h12-13,16H,1-11,18H2,(H,19,23)(H,22,24)(H2,20,21,25)/t12-,13-,16-/m0/s1. The molecule has 2 heterocycles. The zero-order valence-corrected chi connectivity index (χ0v) is 16.9. The molecule has 4 amide bonds. The number of hydrogen-bond donors (Lipinski definition) is 5. The van der Waals surface area contributed by atoms with Crippen LogP contribution in [-0.2, 0) is 19.1 Å². The van der Waals surface area contributed by atoms with Crippen LogP contribution in [0.3, 0.4) is 0 Å². The first-order valence-electron chi connectivity index (χ1n) is 9.70. The van der Waals surface area contributed by atoms with Gasteiger partial charge < -0.3 is 25.4 Å². The van der Waals surface area contributed by atoms with Gasteiger partial charge in [0.15, 0.2) is 0 Å². The van der Waals surface area contributed by atoms with E-state index >= 15 is 0 Å². The van der Waals surface area contributed by atoms with Crippen molar-refractivity contribution in [2.24, 2.45) is 5.84 Å². The summed E-state index contributed by atoms with van der Waals surface area (Å²) in [6.45, 7) is 1.99. The molecule has 0 aromatic rings. The van der Waals surface area contributed by atoms with E-state index in [4.69, 9.17) is 15.3 Å². The molecule has 0 saturated carbocycles. The Balaban J connectivity index is 1.37. The Hall–Kier alpha value is -1.56. The Bertz CT molecular complexity index is 524. The number of amides is 4. The largest absolute Gasteiger partial charge is 0.379 e.